The normalized spacial score (nSPS) is 23.2. The molecule has 2 saturated heterocycles. The molecule has 2 aliphatic heterocycles. The number of rotatable bonds is 4. The van der Waals surface area contributed by atoms with Crippen LogP contribution < -0.4 is 15.5 Å². The van der Waals surface area contributed by atoms with E-state index in [2.05, 4.69) is 20.6 Å². The molecule has 7 nitrogen and oxygen atoms in total. The van der Waals surface area contributed by atoms with Gasteiger partial charge in [0.15, 0.2) is 0 Å². The summed E-state index contributed by atoms with van der Waals surface area (Å²) in [6.07, 6.45) is -1.91. The second kappa shape index (κ2) is 9.09. The van der Waals surface area contributed by atoms with Gasteiger partial charge in [0.05, 0.1) is 23.6 Å². The van der Waals surface area contributed by atoms with Crippen molar-refractivity contribution >= 4 is 22.6 Å². The van der Waals surface area contributed by atoms with Crippen molar-refractivity contribution in [2.75, 3.05) is 31.1 Å². The highest BCUT2D eigenvalue weighted by atomic mass is 19.4. The number of nitrogens with zero attached hydrogens (tertiary/aromatic N) is 4. The van der Waals surface area contributed by atoms with Crippen molar-refractivity contribution in [1.29, 1.82) is 5.26 Å². The van der Waals surface area contributed by atoms with E-state index in [9.17, 15) is 27.6 Å². The zero-order valence-corrected chi connectivity index (χ0v) is 17.8. The quantitative estimate of drug-likeness (QED) is 0.676. The van der Waals surface area contributed by atoms with Crippen LogP contribution in [0.5, 0.6) is 0 Å². The van der Waals surface area contributed by atoms with E-state index in [1.807, 2.05) is 6.07 Å². The first kappa shape index (κ1) is 23.2. The molecule has 2 aromatic rings. The standard InChI is InChI=1S/C22H24F4N6O/c23-21(3-5-28-6-4-21)10-18(33)31-16-9-15(22(24,25)26)12-32(13-16)17-2-1-14(11-27)19-20(17)30-8-7-29-19/h1-2,7-8,15-16,28H,3-6,9-10,12-13H2,(H,31,33)/t15-,16+/m0/s1. The van der Waals surface area contributed by atoms with Crippen molar-refractivity contribution in [2.24, 2.45) is 5.92 Å². The molecule has 1 aromatic heterocycles. The monoisotopic (exact) mass is 464 g/mol. The van der Waals surface area contributed by atoms with Crippen molar-refractivity contribution in [3.05, 3.63) is 30.1 Å². The van der Waals surface area contributed by atoms with Gasteiger partial charge in [0.25, 0.3) is 0 Å². The number of piperidine rings is 2. The number of hydrogen-bond donors (Lipinski definition) is 2. The SMILES string of the molecule is N#Cc1ccc(N2C[C@H](NC(=O)CC3(F)CCNCC3)C[C@H](C(F)(F)F)C2)c2nccnc12. The van der Waals surface area contributed by atoms with Gasteiger partial charge in [-0.2, -0.15) is 18.4 Å². The fourth-order valence-electron chi connectivity index (χ4n) is 4.64. The lowest BCUT2D eigenvalue weighted by Crippen LogP contribution is -2.54. The van der Waals surface area contributed by atoms with Crippen LogP contribution in [-0.2, 0) is 4.79 Å². The Hall–Kier alpha value is -3.00. The minimum absolute atomic E-state index is 0.108. The summed E-state index contributed by atoms with van der Waals surface area (Å²) in [5.41, 5.74) is -0.345. The Morgan fingerprint density at radius 3 is 2.58 bits per heavy atom. The van der Waals surface area contributed by atoms with Crippen LogP contribution in [-0.4, -0.2) is 59.9 Å². The minimum Gasteiger partial charge on any atom is -0.367 e. The number of hydrogen-bond acceptors (Lipinski definition) is 6. The molecule has 2 aliphatic rings. The Morgan fingerprint density at radius 1 is 1.21 bits per heavy atom. The van der Waals surface area contributed by atoms with Gasteiger partial charge in [-0.05, 0) is 44.5 Å². The number of anilines is 1. The van der Waals surface area contributed by atoms with Crippen molar-refractivity contribution in [1.82, 2.24) is 20.6 Å². The van der Waals surface area contributed by atoms with E-state index in [1.54, 1.807) is 6.07 Å². The maximum atomic E-state index is 14.9. The number of benzene rings is 1. The largest absolute Gasteiger partial charge is 0.393 e. The summed E-state index contributed by atoms with van der Waals surface area (Å²) < 4.78 is 56.1. The maximum absolute atomic E-state index is 14.9. The van der Waals surface area contributed by atoms with E-state index in [0.29, 0.717) is 29.8 Å². The number of nitrogens with one attached hydrogen (secondary N) is 2. The van der Waals surface area contributed by atoms with Crippen molar-refractivity contribution in [3.8, 4) is 6.07 Å². The molecule has 2 fully saturated rings. The molecule has 1 aromatic carbocycles. The number of amides is 1. The summed E-state index contributed by atoms with van der Waals surface area (Å²) in [6, 6.07) is 4.25. The summed E-state index contributed by atoms with van der Waals surface area (Å²) in [7, 11) is 0. The fraction of sp³-hybridized carbons (Fsp3) is 0.545. The van der Waals surface area contributed by atoms with Crippen LogP contribution >= 0.6 is 0 Å². The summed E-state index contributed by atoms with van der Waals surface area (Å²) in [6.45, 7) is 0.719. The Balaban J connectivity index is 1.58. The molecule has 0 aliphatic carbocycles. The van der Waals surface area contributed by atoms with Gasteiger partial charge in [0.2, 0.25) is 5.91 Å². The highest BCUT2D eigenvalue weighted by molar-refractivity contribution is 5.92. The van der Waals surface area contributed by atoms with Crippen molar-refractivity contribution in [2.45, 2.75) is 43.6 Å². The number of halogens is 4. The third kappa shape index (κ3) is 5.16. The van der Waals surface area contributed by atoms with Crippen molar-refractivity contribution < 1.29 is 22.4 Å². The molecular formula is C22H24F4N6O. The Morgan fingerprint density at radius 2 is 1.91 bits per heavy atom. The average molecular weight is 464 g/mol. The van der Waals surface area contributed by atoms with E-state index >= 15 is 0 Å². The molecule has 176 valence electrons. The molecule has 33 heavy (non-hydrogen) atoms. The number of alkyl halides is 4. The van der Waals surface area contributed by atoms with Gasteiger partial charge >= 0.3 is 6.18 Å². The smallest absolute Gasteiger partial charge is 0.367 e. The molecule has 1 amide bonds. The summed E-state index contributed by atoms with van der Waals surface area (Å²) >= 11 is 0. The third-order valence-electron chi connectivity index (χ3n) is 6.32. The lowest BCUT2D eigenvalue weighted by molar-refractivity contribution is -0.178. The molecule has 0 saturated carbocycles. The molecule has 2 N–H and O–H groups in total. The molecule has 2 atom stereocenters. The zero-order valence-electron chi connectivity index (χ0n) is 17.8. The van der Waals surface area contributed by atoms with Crippen LogP contribution in [0.4, 0.5) is 23.2 Å². The van der Waals surface area contributed by atoms with Gasteiger partial charge in [-0.3, -0.25) is 14.8 Å². The van der Waals surface area contributed by atoms with Crippen LogP contribution in [0.1, 0.15) is 31.2 Å². The summed E-state index contributed by atoms with van der Waals surface area (Å²) in [4.78, 5) is 22.5. The summed E-state index contributed by atoms with van der Waals surface area (Å²) in [5, 5.41) is 15.0. The Kier molecular flexibility index (Phi) is 6.38. The highest BCUT2D eigenvalue weighted by Crippen LogP contribution is 2.37. The van der Waals surface area contributed by atoms with Gasteiger partial charge in [-0.25, -0.2) is 4.39 Å². The second-order valence-corrected chi connectivity index (χ2v) is 8.72. The first-order chi connectivity index (χ1) is 15.7. The number of aromatic nitrogens is 2. The number of carbonyl (C=O) groups is 1. The molecular weight excluding hydrogens is 440 g/mol. The second-order valence-electron chi connectivity index (χ2n) is 8.72. The first-order valence-electron chi connectivity index (χ1n) is 10.8. The van der Waals surface area contributed by atoms with Gasteiger partial charge < -0.3 is 15.5 Å². The van der Waals surface area contributed by atoms with Crippen LogP contribution in [0.2, 0.25) is 0 Å². The average Bonchev–Trinajstić information content (AvgIpc) is 2.77. The minimum atomic E-state index is -4.47. The molecule has 4 rings (SSSR count). The van der Waals surface area contributed by atoms with Gasteiger partial charge in [0.1, 0.15) is 22.8 Å². The lowest BCUT2D eigenvalue weighted by atomic mass is 9.89. The molecule has 0 radical (unpaired) electrons. The number of fused-ring (bicyclic) bond motifs is 1. The summed E-state index contributed by atoms with van der Waals surface area (Å²) in [5.74, 6) is -2.27. The van der Waals surface area contributed by atoms with Crippen LogP contribution in [0.3, 0.4) is 0 Å². The number of nitriles is 1. The van der Waals surface area contributed by atoms with Gasteiger partial charge in [-0.15, -0.1) is 0 Å². The zero-order chi connectivity index (χ0) is 23.6. The predicted molar refractivity (Wildman–Crippen MR) is 113 cm³/mol. The van der Waals surface area contributed by atoms with E-state index in [1.165, 1.54) is 23.4 Å². The Labute approximate surface area is 188 Å². The van der Waals surface area contributed by atoms with Crippen LogP contribution in [0.25, 0.3) is 11.0 Å². The predicted octanol–water partition coefficient (Wildman–Crippen LogP) is 2.86. The van der Waals surface area contributed by atoms with Crippen LogP contribution in [0.15, 0.2) is 24.5 Å². The molecule has 0 spiro atoms. The highest BCUT2D eigenvalue weighted by Gasteiger charge is 2.45. The topological polar surface area (TPSA) is 93.9 Å². The third-order valence-corrected chi connectivity index (χ3v) is 6.32. The van der Waals surface area contributed by atoms with Crippen LogP contribution in [0, 0.1) is 17.2 Å². The van der Waals surface area contributed by atoms with E-state index in [4.69, 9.17) is 0 Å². The van der Waals surface area contributed by atoms with Crippen molar-refractivity contribution in [3.63, 3.8) is 0 Å². The molecule has 11 heteroatoms. The first-order valence-corrected chi connectivity index (χ1v) is 10.8. The lowest BCUT2D eigenvalue weighted by Gasteiger charge is -2.40. The molecule has 0 unspecified atom stereocenters. The molecule has 3 heterocycles. The van der Waals surface area contributed by atoms with E-state index < -0.39 is 29.7 Å². The van der Waals surface area contributed by atoms with E-state index in [-0.39, 0.29) is 44.3 Å². The van der Waals surface area contributed by atoms with E-state index in [0.717, 1.165) is 0 Å². The van der Waals surface area contributed by atoms with Gasteiger partial charge in [0, 0.05) is 31.5 Å². The molecule has 0 bridgehead atoms. The number of carbonyl (C=O) groups excluding carboxylic acids is 1. The Bertz CT molecular complexity index is 1060. The van der Waals surface area contributed by atoms with Gasteiger partial charge in [-0.1, -0.05) is 0 Å². The maximum Gasteiger partial charge on any atom is 0.393 e. The fourth-order valence-corrected chi connectivity index (χ4v) is 4.64.